The van der Waals surface area contributed by atoms with Crippen molar-refractivity contribution in [2.24, 2.45) is 0 Å². The molecule has 35 heavy (non-hydrogen) atoms. The summed E-state index contributed by atoms with van der Waals surface area (Å²) in [7, 11) is 1.54. The first-order chi connectivity index (χ1) is 17.0. The van der Waals surface area contributed by atoms with Crippen molar-refractivity contribution < 1.29 is 14.3 Å². The molecule has 3 N–H and O–H groups in total. The smallest absolute Gasteiger partial charge is 0.261 e. The van der Waals surface area contributed by atoms with E-state index in [4.69, 9.17) is 16.3 Å². The average molecular weight is 513 g/mol. The molecule has 3 aromatic heterocycles. The van der Waals surface area contributed by atoms with Gasteiger partial charge in [-0.25, -0.2) is 4.68 Å². The Balaban J connectivity index is 1.60. The van der Waals surface area contributed by atoms with Crippen LogP contribution in [0.15, 0.2) is 59.7 Å². The zero-order valence-electron chi connectivity index (χ0n) is 18.6. The number of ether oxygens (including phenoxy) is 1. The van der Waals surface area contributed by atoms with Gasteiger partial charge in [0.2, 0.25) is 0 Å². The van der Waals surface area contributed by atoms with Crippen molar-refractivity contribution in [1.29, 1.82) is 0 Å². The van der Waals surface area contributed by atoms with Gasteiger partial charge < -0.3 is 20.4 Å². The topological polar surface area (TPSA) is 131 Å². The number of aromatic nitrogens is 4. The van der Waals surface area contributed by atoms with Gasteiger partial charge in [0.05, 0.1) is 39.8 Å². The first kappa shape index (κ1) is 24.3. The van der Waals surface area contributed by atoms with Crippen LogP contribution < -0.4 is 16.2 Å². The van der Waals surface area contributed by atoms with Gasteiger partial charge in [-0.05, 0) is 42.0 Å². The maximum atomic E-state index is 13.0. The van der Waals surface area contributed by atoms with Crippen molar-refractivity contribution in [2.75, 3.05) is 20.3 Å². The second kappa shape index (κ2) is 11.1. The van der Waals surface area contributed by atoms with Gasteiger partial charge >= 0.3 is 0 Å². The number of hydrogen-bond acceptors (Lipinski definition) is 7. The minimum Gasteiger partial charge on any atom is -0.383 e. The van der Waals surface area contributed by atoms with Crippen LogP contribution in [0.25, 0.3) is 16.8 Å². The third-order valence-corrected chi connectivity index (χ3v) is 6.21. The minimum atomic E-state index is -0.355. The van der Waals surface area contributed by atoms with Gasteiger partial charge in [0.1, 0.15) is 5.69 Å². The van der Waals surface area contributed by atoms with Crippen LogP contribution >= 0.6 is 22.9 Å². The molecule has 4 aromatic rings. The summed E-state index contributed by atoms with van der Waals surface area (Å²) in [4.78, 5) is 40.6. The molecule has 0 bridgehead atoms. The lowest BCUT2D eigenvalue weighted by atomic mass is 10.0. The molecule has 3 heterocycles. The molecule has 0 aliphatic heterocycles. The zero-order valence-corrected chi connectivity index (χ0v) is 20.2. The molecule has 0 saturated carbocycles. The molecule has 0 atom stereocenters. The summed E-state index contributed by atoms with van der Waals surface area (Å²) in [6, 6.07) is 11.7. The van der Waals surface area contributed by atoms with Gasteiger partial charge in [0, 0.05) is 25.4 Å². The van der Waals surface area contributed by atoms with Crippen molar-refractivity contribution in [2.45, 2.75) is 6.54 Å². The Hall–Kier alpha value is -3.80. The average Bonchev–Trinajstić information content (AvgIpc) is 3.52. The van der Waals surface area contributed by atoms with Crippen molar-refractivity contribution in [3.63, 3.8) is 0 Å². The van der Waals surface area contributed by atoms with Gasteiger partial charge in [-0.3, -0.25) is 14.4 Å². The molecule has 0 radical (unpaired) electrons. The van der Waals surface area contributed by atoms with E-state index < -0.39 is 0 Å². The quantitative estimate of drug-likeness (QED) is 0.295. The number of aromatic amines is 1. The Morgan fingerprint density at radius 3 is 2.77 bits per heavy atom. The maximum absolute atomic E-state index is 13.0. The lowest BCUT2D eigenvalue weighted by molar-refractivity contribution is 0.0934. The largest absolute Gasteiger partial charge is 0.383 e. The van der Waals surface area contributed by atoms with Crippen molar-refractivity contribution in [3.05, 3.63) is 85.7 Å². The normalized spacial score (nSPS) is 10.8. The second-order valence-electron chi connectivity index (χ2n) is 7.33. The monoisotopic (exact) mass is 512 g/mol. The van der Waals surface area contributed by atoms with Crippen LogP contribution in [0.2, 0.25) is 4.34 Å². The Morgan fingerprint density at radius 1 is 1.17 bits per heavy atom. The van der Waals surface area contributed by atoms with Crippen LogP contribution in [0.3, 0.4) is 0 Å². The summed E-state index contributed by atoms with van der Waals surface area (Å²) in [5.41, 5.74) is 2.00. The molecule has 2 amide bonds. The maximum Gasteiger partial charge on any atom is 0.261 e. The van der Waals surface area contributed by atoms with E-state index in [1.807, 2.05) is 0 Å². The summed E-state index contributed by atoms with van der Waals surface area (Å²) in [6.45, 7) is 0.801. The third kappa shape index (κ3) is 5.83. The number of hydrogen-bond donors (Lipinski definition) is 3. The molecular weight excluding hydrogens is 492 g/mol. The molecule has 0 unspecified atom stereocenters. The van der Waals surface area contributed by atoms with E-state index in [9.17, 15) is 14.4 Å². The number of benzene rings is 1. The SMILES string of the molecule is COCCNC(=O)c1cc(-c2ccc[nH]c2=O)ccc1-n1cc(CNC(=O)c2ccc(Cl)s2)nn1. The van der Waals surface area contributed by atoms with Crippen LogP contribution in [0.5, 0.6) is 0 Å². The fourth-order valence-corrected chi connectivity index (χ4v) is 4.25. The summed E-state index contributed by atoms with van der Waals surface area (Å²) < 4.78 is 6.98. The number of halogens is 1. The highest BCUT2D eigenvalue weighted by Crippen LogP contribution is 2.23. The number of H-pyrrole nitrogens is 1. The van der Waals surface area contributed by atoms with Crippen LogP contribution in [-0.2, 0) is 11.3 Å². The predicted octanol–water partition coefficient (Wildman–Crippen LogP) is 2.64. The van der Waals surface area contributed by atoms with Crippen molar-refractivity contribution >= 4 is 34.8 Å². The van der Waals surface area contributed by atoms with E-state index >= 15 is 0 Å². The zero-order chi connectivity index (χ0) is 24.8. The van der Waals surface area contributed by atoms with Gasteiger partial charge in [-0.2, -0.15) is 0 Å². The van der Waals surface area contributed by atoms with Crippen LogP contribution in [0, 0.1) is 0 Å². The summed E-state index contributed by atoms with van der Waals surface area (Å²) in [5, 5.41) is 13.8. The van der Waals surface area contributed by atoms with Crippen molar-refractivity contribution in [1.82, 2.24) is 30.6 Å². The molecule has 0 aliphatic rings. The van der Waals surface area contributed by atoms with Crippen LogP contribution in [0.1, 0.15) is 25.7 Å². The van der Waals surface area contributed by atoms with Crippen LogP contribution in [0.4, 0.5) is 0 Å². The number of carbonyl (C=O) groups excluding carboxylic acids is 2. The fourth-order valence-electron chi connectivity index (χ4n) is 3.29. The number of nitrogens with zero attached hydrogens (tertiary/aromatic N) is 3. The Bertz CT molecular complexity index is 1410. The highest BCUT2D eigenvalue weighted by atomic mass is 35.5. The summed E-state index contributed by atoms with van der Waals surface area (Å²) >= 11 is 7.07. The minimum absolute atomic E-state index is 0.140. The number of methoxy groups -OCH3 is 1. The molecule has 180 valence electrons. The number of rotatable bonds is 9. The number of amides is 2. The van der Waals surface area contributed by atoms with Gasteiger partial charge in [-0.15, -0.1) is 16.4 Å². The molecule has 0 saturated heterocycles. The number of carbonyl (C=O) groups is 2. The van der Waals surface area contributed by atoms with Crippen LogP contribution in [-0.4, -0.2) is 52.1 Å². The Labute approximate surface area is 208 Å². The van der Waals surface area contributed by atoms with Gasteiger partial charge in [0.15, 0.2) is 0 Å². The van der Waals surface area contributed by atoms with Gasteiger partial charge in [0.25, 0.3) is 17.4 Å². The highest BCUT2D eigenvalue weighted by Gasteiger charge is 2.17. The van der Waals surface area contributed by atoms with E-state index in [1.54, 1.807) is 62.0 Å². The van der Waals surface area contributed by atoms with E-state index in [0.29, 0.717) is 50.4 Å². The van der Waals surface area contributed by atoms with E-state index in [0.717, 1.165) is 0 Å². The standard InChI is InChI=1S/C23H21ClN6O4S/c1-34-10-9-26-22(32)17-11-14(16-3-2-8-25-21(16)31)4-5-18(17)30-13-15(28-29-30)12-27-23(33)19-6-7-20(24)35-19/h2-8,11,13H,9-10,12H2,1H3,(H,25,31)(H,26,32)(H,27,33). The number of pyridine rings is 1. The lowest BCUT2D eigenvalue weighted by Gasteiger charge is -2.12. The molecule has 12 heteroatoms. The highest BCUT2D eigenvalue weighted by molar-refractivity contribution is 7.17. The first-order valence-corrected chi connectivity index (χ1v) is 11.7. The van der Waals surface area contributed by atoms with Gasteiger partial charge in [-0.1, -0.05) is 22.9 Å². The molecule has 10 nitrogen and oxygen atoms in total. The third-order valence-electron chi connectivity index (χ3n) is 4.98. The molecule has 0 aliphatic carbocycles. The second-order valence-corrected chi connectivity index (χ2v) is 9.05. The lowest BCUT2D eigenvalue weighted by Crippen LogP contribution is -2.28. The molecular formula is C23H21ClN6O4S. The van der Waals surface area contributed by atoms with E-state index in [1.165, 1.54) is 16.0 Å². The predicted molar refractivity (Wildman–Crippen MR) is 132 cm³/mol. The van der Waals surface area contributed by atoms with E-state index in [-0.39, 0.29) is 23.9 Å². The summed E-state index contributed by atoms with van der Waals surface area (Å²) in [5.74, 6) is -0.627. The Kier molecular flexibility index (Phi) is 7.70. The molecule has 1 aromatic carbocycles. The van der Waals surface area contributed by atoms with E-state index in [2.05, 4.69) is 25.9 Å². The first-order valence-electron chi connectivity index (χ1n) is 10.5. The Morgan fingerprint density at radius 2 is 2.03 bits per heavy atom. The summed E-state index contributed by atoms with van der Waals surface area (Å²) in [6.07, 6.45) is 3.17. The van der Waals surface area contributed by atoms with Crippen molar-refractivity contribution in [3.8, 4) is 16.8 Å². The molecule has 0 fully saturated rings. The molecule has 4 rings (SSSR count). The molecule has 0 spiro atoms. The fraction of sp³-hybridized carbons (Fsp3) is 0.174. The number of thiophene rings is 1. The number of nitrogens with one attached hydrogen (secondary N) is 3.